The Morgan fingerprint density at radius 2 is 2.23 bits per heavy atom. The second-order valence-corrected chi connectivity index (χ2v) is 4.73. The summed E-state index contributed by atoms with van der Waals surface area (Å²) >= 11 is 0. The van der Waals surface area contributed by atoms with Gasteiger partial charge in [0.1, 0.15) is 0 Å². The molecule has 0 aromatic heterocycles. The predicted molar refractivity (Wildman–Crippen MR) is 74.4 cm³/mol. The summed E-state index contributed by atoms with van der Waals surface area (Å²) < 4.78 is 15.7. The Kier molecular flexibility index (Phi) is 4.99. The minimum Gasteiger partial charge on any atom is -0.490 e. The number of amides is 1. The molecule has 1 heterocycles. The van der Waals surface area contributed by atoms with E-state index in [0.29, 0.717) is 6.61 Å². The average molecular weight is 312 g/mol. The van der Waals surface area contributed by atoms with Gasteiger partial charge in [-0.15, -0.1) is 0 Å². The molecule has 2 rings (SSSR count). The Hall–Kier alpha value is -2.55. The maximum absolute atomic E-state index is 11.1. The fourth-order valence-electron chi connectivity index (χ4n) is 2.24. The first-order valence-corrected chi connectivity index (χ1v) is 6.54. The van der Waals surface area contributed by atoms with E-state index in [4.69, 9.17) is 19.3 Å². The summed E-state index contributed by atoms with van der Waals surface area (Å²) in [5.74, 6) is -0.0439. The number of nitrogens with one attached hydrogen (secondary N) is 1. The van der Waals surface area contributed by atoms with Crippen LogP contribution >= 0.6 is 0 Å². The Morgan fingerprint density at radius 3 is 2.86 bits per heavy atom. The second-order valence-electron chi connectivity index (χ2n) is 4.73. The number of rotatable bonds is 6. The molecule has 9 heteroatoms. The van der Waals surface area contributed by atoms with E-state index in [0.717, 1.165) is 0 Å². The van der Waals surface area contributed by atoms with Crippen molar-refractivity contribution in [2.75, 3.05) is 26.9 Å². The minimum atomic E-state index is -1.15. The Labute approximate surface area is 125 Å². The first-order chi connectivity index (χ1) is 10.5. The first-order valence-electron chi connectivity index (χ1n) is 6.54. The van der Waals surface area contributed by atoms with E-state index >= 15 is 0 Å². The van der Waals surface area contributed by atoms with Gasteiger partial charge in [0.15, 0.2) is 0 Å². The zero-order chi connectivity index (χ0) is 16.1. The third-order valence-electron chi connectivity index (χ3n) is 3.32. The van der Waals surface area contributed by atoms with E-state index in [1.165, 1.54) is 19.2 Å². The zero-order valence-corrected chi connectivity index (χ0v) is 11.9. The van der Waals surface area contributed by atoms with Crippen molar-refractivity contribution in [1.29, 1.82) is 0 Å². The fraction of sp³-hybridized carbons (Fsp3) is 0.462. The molecule has 2 atom stereocenters. The van der Waals surface area contributed by atoms with E-state index in [1.54, 1.807) is 6.07 Å². The Morgan fingerprint density at radius 1 is 1.50 bits per heavy atom. The van der Waals surface area contributed by atoms with Crippen LogP contribution in [0.4, 0.5) is 10.5 Å². The number of para-hydroxylation sites is 1. The summed E-state index contributed by atoms with van der Waals surface area (Å²) in [5, 5.41) is 22.2. The van der Waals surface area contributed by atoms with Crippen LogP contribution in [-0.4, -0.2) is 49.1 Å². The molecule has 1 saturated heterocycles. The van der Waals surface area contributed by atoms with Crippen LogP contribution in [-0.2, 0) is 4.74 Å². The smallest absolute Gasteiger partial charge is 0.404 e. The van der Waals surface area contributed by atoms with Crippen LogP contribution in [0.5, 0.6) is 11.5 Å². The first kappa shape index (κ1) is 15.8. The number of hydrogen-bond donors (Lipinski definition) is 2. The Bertz CT molecular complexity index is 563. The third-order valence-corrected chi connectivity index (χ3v) is 3.32. The van der Waals surface area contributed by atoms with Gasteiger partial charge in [-0.1, -0.05) is 6.07 Å². The van der Waals surface area contributed by atoms with Crippen molar-refractivity contribution in [3.63, 3.8) is 0 Å². The number of nitrogens with zero attached hydrogens (tertiary/aromatic N) is 1. The SMILES string of the molecule is COc1cccc(OCC2COCC2NC(=O)O)c1[N+](=O)[O-]. The van der Waals surface area contributed by atoms with Gasteiger partial charge in [-0.3, -0.25) is 10.1 Å². The van der Waals surface area contributed by atoms with E-state index in [2.05, 4.69) is 5.32 Å². The van der Waals surface area contributed by atoms with Crippen molar-refractivity contribution in [2.24, 2.45) is 5.92 Å². The normalized spacial score (nSPS) is 20.4. The number of nitro benzene ring substituents is 1. The largest absolute Gasteiger partial charge is 0.490 e. The van der Waals surface area contributed by atoms with Crippen molar-refractivity contribution >= 4 is 11.8 Å². The molecule has 9 nitrogen and oxygen atoms in total. The molecule has 0 spiro atoms. The number of carboxylic acid groups (broad SMARTS) is 1. The molecule has 0 radical (unpaired) electrons. The summed E-state index contributed by atoms with van der Waals surface area (Å²) in [5.41, 5.74) is -0.258. The van der Waals surface area contributed by atoms with Crippen molar-refractivity contribution in [3.8, 4) is 11.5 Å². The number of nitro groups is 1. The highest BCUT2D eigenvalue weighted by atomic mass is 16.6. The lowest BCUT2D eigenvalue weighted by Gasteiger charge is -2.18. The molecule has 1 fully saturated rings. The van der Waals surface area contributed by atoms with Crippen LogP contribution in [0.15, 0.2) is 18.2 Å². The van der Waals surface area contributed by atoms with Gasteiger partial charge in [0.05, 0.1) is 37.9 Å². The maximum atomic E-state index is 11.1. The summed E-state index contributed by atoms with van der Waals surface area (Å²) in [7, 11) is 1.34. The summed E-state index contributed by atoms with van der Waals surface area (Å²) in [6, 6.07) is 4.12. The topological polar surface area (TPSA) is 120 Å². The molecule has 0 saturated carbocycles. The van der Waals surface area contributed by atoms with Crippen LogP contribution in [0.3, 0.4) is 0 Å². The monoisotopic (exact) mass is 312 g/mol. The average Bonchev–Trinajstić information content (AvgIpc) is 2.90. The van der Waals surface area contributed by atoms with Crippen molar-refractivity contribution in [3.05, 3.63) is 28.3 Å². The van der Waals surface area contributed by atoms with Crippen molar-refractivity contribution in [2.45, 2.75) is 6.04 Å². The third kappa shape index (κ3) is 3.55. The van der Waals surface area contributed by atoms with Gasteiger partial charge >= 0.3 is 11.8 Å². The molecule has 1 aliphatic rings. The molecule has 2 unspecified atom stereocenters. The predicted octanol–water partition coefficient (Wildman–Crippen LogP) is 1.26. The molecule has 1 aromatic rings. The van der Waals surface area contributed by atoms with E-state index < -0.39 is 17.1 Å². The highest BCUT2D eigenvalue weighted by molar-refractivity contribution is 5.65. The molecule has 120 valence electrons. The fourth-order valence-corrected chi connectivity index (χ4v) is 2.24. The highest BCUT2D eigenvalue weighted by Gasteiger charge is 2.31. The second kappa shape index (κ2) is 6.94. The molecule has 0 aliphatic carbocycles. The lowest BCUT2D eigenvalue weighted by atomic mass is 10.1. The Balaban J connectivity index is 2.08. The highest BCUT2D eigenvalue weighted by Crippen LogP contribution is 2.36. The molecule has 2 N–H and O–H groups in total. The molecular weight excluding hydrogens is 296 g/mol. The number of carbonyl (C=O) groups is 1. The quantitative estimate of drug-likeness (QED) is 0.599. The van der Waals surface area contributed by atoms with Gasteiger partial charge < -0.3 is 24.6 Å². The van der Waals surface area contributed by atoms with Crippen LogP contribution in [0, 0.1) is 16.0 Å². The number of ether oxygens (including phenoxy) is 3. The molecule has 22 heavy (non-hydrogen) atoms. The van der Waals surface area contributed by atoms with E-state index in [9.17, 15) is 14.9 Å². The molecule has 1 aliphatic heterocycles. The lowest BCUT2D eigenvalue weighted by Crippen LogP contribution is -2.41. The summed E-state index contributed by atoms with van der Waals surface area (Å²) in [6.45, 7) is 0.669. The van der Waals surface area contributed by atoms with Crippen LogP contribution in [0.1, 0.15) is 0 Å². The maximum Gasteiger partial charge on any atom is 0.404 e. The van der Waals surface area contributed by atoms with Crippen LogP contribution in [0.2, 0.25) is 0 Å². The lowest BCUT2D eigenvalue weighted by molar-refractivity contribution is -0.386. The van der Waals surface area contributed by atoms with E-state index in [-0.39, 0.29) is 36.3 Å². The van der Waals surface area contributed by atoms with Gasteiger partial charge in [-0.05, 0) is 12.1 Å². The van der Waals surface area contributed by atoms with Gasteiger partial charge in [0.2, 0.25) is 11.5 Å². The zero-order valence-electron chi connectivity index (χ0n) is 11.9. The van der Waals surface area contributed by atoms with Crippen molar-refractivity contribution in [1.82, 2.24) is 5.32 Å². The van der Waals surface area contributed by atoms with Crippen molar-refractivity contribution < 1.29 is 29.0 Å². The van der Waals surface area contributed by atoms with Crippen LogP contribution < -0.4 is 14.8 Å². The van der Waals surface area contributed by atoms with Crippen LogP contribution in [0.25, 0.3) is 0 Å². The minimum absolute atomic E-state index is 0.0744. The number of hydrogen-bond acceptors (Lipinski definition) is 6. The molecular formula is C13H16N2O7. The van der Waals surface area contributed by atoms with Gasteiger partial charge in [0.25, 0.3) is 0 Å². The summed E-state index contributed by atoms with van der Waals surface area (Å²) in [6.07, 6.45) is -1.15. The summed E-state index contributed by atoms with van der Waals surface area (Å²) in [4.78, 5) is 21.2. The molecule has 1 amide bonds. The molecule has 1 aromatic carbocycles. The van der Waals surface area contributed by atoms with E-state index in [1.807, 2.05) is 0 Å². The number of methoxy groups -OCH3 is 1. The standard InChI is InChI=1S/C13H16N2O7/c1-20-10-3-2-4-11(12(10)15(18)19)22-6-8-5-21-7-9(8)14-13(16)17/h2-4,8-9,14H,5-7H2,1H3,(H,16,17). The van der Waals surface area contributed by atoms with Gasteiger partial charge in [-0.2, -0.15) is 0 Å². The number of benzene rings is 1. The molecule has 0 bridgehead atoms. The van der Waals surface area contributed by atoms with Gasteiger partial charge in [-0.25, -0.2) is 4.79 Å². The van der Waals surface area contributed by atoms with Gasteiger partial charge in [0, 0.05) is 5.92 Å².